The third-order valence-corrected chi connectivity index (χ3v) is 4.38. The average Bonchev–Trinajstić information content (AvgIpc) is 2.45. The summed E-state index contributed by atoms with van der Waals surface area (Å²) in [5.74, 6) is 0. The Morgan fingerprint density at radius 1 is 1.37 bits per heavy atom. The Kier molecular flexibility index (Phi) is 5.82. The van der Waals surface area contributed by atoms with E-state index in [1.807, 2.05) is 24.3 Å². The van der Waals surface area contributed by atoms with Gasteiger partial charge in [0.15, 0.2) is 0 Å². The lowest BCUT2D eigenvalue weighted by atomic mass is 10.0. The van der Waals surface area contributed by atoms with Gasteiger partial charge in [-0.25, -0.2) is 0 Å². The van der Waals surface area contributed by atoms with Gasteiger partial charge in [0.2, 0.25) is 0 Å². The molecule has 4 heteroatoms. The minimum absolute atomic E-state index is 0.229. The van der Waals surface area contributed by atoms with Crippen molar-refractivity contribution in [3.05, 3.63) is 34.3 Å². The van der Waals surface area contributed by atoms with Crippen LogP contribution in [-0.4, -0.2) is 40.9 Å². The zero-order valence-electron chi connectivity index (χ0n) is 11.1. The molecule has 0 saturated carbocycles. The molecule has 1 aliphatic heterocycles. The van der Waals surface area contributed by atoms with Crippen molar-refractivity contribution in [2.24, 2.45) is 0 Å². The fourth-order valence-corrected chi connectivity index (χ4v) is 3.15. The van der Waals surface area contributed by atoms with Crippen LogP contribution in [0.25, 0.3) is 0 Å². The fourth-order valence-electron chi connectivity index (χ4n) is 2.73. The number of likely N-dealkylation sites (tertiary alicyclic amines) is 1. The predicted molar refractivity (Wildman–Crippen MR) is 80.0 cm³/mol. The van der Waals surface area contributed by atoms with Crippen molar-refractivity contribution in [1.29, 1.82) is 0 Å². The summed E-state index contributed by atoms with van der Waals surface area (Å²) in [6, 6.07) is 8.10. The Morgan fingerprint density at radius 3 is 2.95 bits per heavy atom. The summed E-state index contributed by atoms with van der Waals surface area (Å²) >= 11 is 3.42. The summed E-state index contributed by atoms with van der Waals surface area (Å²) in [5.41, 5.74) is 0.951. The van der Waals surface area contributed by atoms with E-state index in [0.29, 0.717) is 6.42 Å². The predicted octanol–water partition coefficient (Wildman–Crippen LogP) is 2.72. The number of benzene rings is 1. The number of hydrogen-bond donors (Lipinski definition) is 2. The highest BCUT2D eigenvalue weighted by atomic mass is 79.9. The van der Waals surface area contributed by atoms with Crippen LogP contribution >= 0.6 is 15.9 Å². The number of aliphatic hydroxyl groups excluding tert-OH is 2. The van der Waals surface area contributed by atoms with Gasteiger partial charge in [0, 0.05) is 17.1 Å². The van der Waals surface area contributed by atoms with Gasteiger partial charge >= 0.3 is 0 Å². The van der Waals surface area contributed by atoms with Crippen LogP contribution in [-0.2, 0) is 0 Å². The first-order chi connectivity index (χ1) is 9.20. The average molecular weight is 328 g/mol. The molecule has 0 aliphatic carbocycles. The molecule has 1 saturated heterocycles. The standard InChI is InChI=1S/C15H22BrNO2/c16-13-5-3-4-12(10-13)15(19)7-9-17-8-2-1-6-14(17)11-18/h3-5,10,14-15,18-19H,1-2,6-9,11H2. The molecule has 1 aromatic carbocycles. The Balaban J connectivity index is 1.87. The summed E-state index contributed by atoms with van der Waals surface area (Å²) in [6.07, 6.45) is 3.76. The molecule has 1 aliphatic rings. The van der Waals surface area contributed by atoms with Crippen molar-refractivity contribution in [3.63, 3.8) is 0 Å². The van der Waals surface area contributed by atoms with Crippen molar-refractivity contribution < 1.29 is 10.2 Å². The molecule has 2 N–H and O–H groups in total. The van der Waals surface area contributed by atoms with Crippen LogP contribution in [0.1, 0.15) is 37.4 Å². The largest absolute Gasteiger partial charge is 0.395 e. The molecular formula is C15H22BrNO2. The second kappa shape index (κ2) is 7.39. The van der Waals surface area contributed by atoms with Crippen LogP contribution in [0.5, 0.6) is 0 Å². The van der Waals surface area contributed by atoms with E-state index in [0.717, 1.165) is 29.5 Å². The summed E-state index contributed by atoms with van der Waals surface area (Å²) < 4.78 is 0.996. The van der Waals surface area contributed by atoms with Gasteiger partial charge in [0.25, 0.3) is 0 Å². The van der Waals surface area contributed by atoms with Gasteiger partial charge in [-0.1, -0.05) is 34.5 Å². The van der Waals surface area contributed by atoms with E-state index in [9.17, 15) is 10.2 Å². The molecule has 1 fully saturated rings. The maximum atomic E-state index is 10.2. The van der Waals surface area contributed by atoms with E-state index in [1.54, 1.807) is 0 Å². The van der Waals surface area contributed by atoms with Crippen LogP contribution in [0.3, 0.4) is 0 Å². The molecule has 1 aromatic rings. The quantitative estimate of drug-likeness (QED) is 0.873. The van der Waals surface area contributed by atoms with E-state index < -0.39 is 6.10 Å². The maximum absolute atomic E-state index is 10.2. The Hall–Kier alpha value is -0.420. The maximum Gasteiger partial charge on any atom is 0.0802 e. The number of nitrogens with zero attached hydrogens (tertiary/aromatic N) is 1. The monoisotopic (exact) mass is 327 g/mol. The third-order valence-electron chi connectivity index (χ3n) is 3.88. The van der Waals surface area contributed by atoms with Gasteiger partial charge < -0.3 is 10.2 Å². The molecule has 2 unspecified atom stereocenters. The van der Waals surface area contributed by atoms with E-state index in [-0.39, 0.29) is 12.6 Å². The lowest BCUT2D eigenvalue weighted by molar-refractivity contribution is 0.0697. The fraction of sp³-hybridized carbons (Fsp3) is 0.600. The Morgan fingerprint density at radius 2 is 2.21 bits per heavy atom. The van der Waals surface area contributed by atoms with Crippen molar-refractivity contribution in [1.82, 2.24) is 4.90 Å². The summed E-state index contributed by atoms with van der Waals surface area (Å²) in [7, 11) is 0. The van der Waals surface area contributed by atoms with Gasteiger partial charge in [-0.15, -0.1) is 0 Å². The van der Waals surface area contributed by atoms with E-state index in [2.05, 4.69) is 20.8 Å². The van der Waals surface area contributed by atoms with Crippen molar-refractivity contribution in [2.45, 2.75) is 37.8 Å². The first-order valence-electron chi connectivity index (χ1n) is 6.99. The molecule has 0 radical (unpaired) electrons. The molecule has 0 bridgehead atoms. The zero-order chi connectivity index (χ0) is 13.7. The summed E-state index contributed by atoms with van der Waals surface area (Å²) in [4.78, 5) is 2.31. The highest BCUT2D eigenvalue weighted by Crippen LogP contribution is 2.23. The molecule has 2 rings (SSSR count). The molecule has 0 amide bonds. The Bertz CT molecular complexity index is 399. The second-order valence-corrected chi connectivity index (χ2v) is 6.14. The molecule has 19 heavy (non-hydrogen) atoms. The SMILES string of the molecule is OCC1CCCCN1CCC(O)c1cccc(Br)c1. The van der Waals surface area contributed by atoms with Crippen LogP contribution in [0.4, 0.5) is 0 Å². The van der Waals surface area contributed by atoms with Gasteiger partial charge in [0.05, 0.1) is 12.7 Å². The van der Waals surface area contributed by atoms with E-state index >= 15 is 0 Å². The number of hydrogen-bond acceptors (Lipinski definition) is 3. The summed E-state index contributed by atoms with van der Waals surface area (Å²) in [5, 5.41) is 19.6. The lowest BCUT2D eigenvalue weighted by Gasteiger charge is -2.35. The van der Waals surface area contributed by atoms with Crippen molar-refractivity contribution >= 4 is 15.9 Å². The third kappa shape index (κ3) is 4.28. The van der Waals surface area contributed by atoms with Crippen molar-refractivity contribution in [3.8, 4) is 0 Å². The number of aliphatic hydroxyl groups is 2. The second-order valence-electron chi connectivity index (χ2n) is 5.23. The topological polar surface area (TPSA) is 43.7 Å². The molecule has 1 heterocycles. The van der Waals surface area contributed by atoms with Gasteiger partial charge in [0.1, 0.15) is 0 Å². The highest BCUT2D eigenvalue weighted by molar-refractivity contribution is 9.10. The number of piperidine rings is 1. The highest BCUT2D eigenvalue weighted by Gasteiger charge is 2.22. The smallest absolute Gasteiger partial charge is 0.0802 e. The van der Waals surface area contributed by atoms with Crippen LogP contribution in [0.2, 0.25) is 0 Å². The van der Waals surface area contributed by atoms with Crippen molar-refractivity contribution in [2.75, 3.05) is 19.7 Å². The lowest BCUT2D eigenvalue weighted by Crippen LogP contribution is -2.42. The van der Waals surface area contributed by atoms with Crippen LogP contribution in [0, 0.1) is 0 Å². The minimum atomic E-state index is -0.432. The van der Waals surface area contributed by atoms with Gasteiger partial charge in [-0.3, -0.25) is 4.90 Å². The van der Waals surface area contributed by atoms with Crippen LogP contribution in [0.15, 0.2) is 28.7 Å². The zero-order valence-corrected chi connectivity index (χ0v) is 12.7. The minimum Gasteiger partial charge on any atom is -0.395 e. The molecular weight excluding hydrogens is 306 g/mol. The number of halogens is 1. The Labute approximate surface area is 123 Å². The molecule has 2 atom stereocenters. The molecule has 3 nitrogen and oxygen atoms in total. The van der Waals surface area contributed by atoms with Crippen LogP contribution < -0.4 is 0 Å². The van der Waals surface area contributed by atoms with Gasteiger partial charge in [-0.2, -0.15) is 0 Å². The first-order valence-corrected chi connectivity index (χ1v) is 7.78. The molecule has 0 spiro atoms. The molecule has 106 valence electrons. The van der Waals surface area contributed by atoms with E-state index in [1.165, 1.54) is 12.8 Å². The normalized spacial score (nSPS) is 22.4. The van der Waals surface area contributed by atoms with E-state index in [4.69, 9.17) is 0 Å². The first kappa shape index (κ1) is 15.0. The number of rotatable bonds is 5. The molecule has 0 aromatic heterocycles. The summed E-state index contributed by atoms with van der Waals surface area (Å²) in [6.45, 7) is 2.11. The van der Waals surface area contributed by atoms with Gasteiger partial charge in [-0.05, 0) is 43.5 Å².